The maximum absolute atomic E-state index is 6.43. The van der Waals surface area contributed by atoms with Gasteiger partial charge in [0.25, 0.3) is 0 Å². The standard InChI is InChI=1S/C13H30N2/c1-7-13(8-2,12(14)11(5)6)15(9-3)10-4/h11-12H,7-10,14H2,1-6H3. The molecule has 0 saturated heterocycles. The van der Waals surface area contributed by atoms with Gasteiger partial charge in [0.15, 0.2) is 0 Å². The SMILES string of the molecule is CCN(CC)C(CC)(CC)C(N)C(C)C. The number of hydrogen-bond acceptors (Lipinski definition) is 2. The Bertz CT molecular complexity index is 154. The van der Waals surface area contributed by atoms with Crippen LogP contribution >= 0.6 is 0 Å². The van der Waals surface area contributed by atoms with Crippen molar-refractivity contribution in [2.75, 3.05) is 13.1 Å². The van der Waals surface area contributed by atoms with Gasteiger partial charge in [-0.3, -0.25) is 4.90 Å². The van der Waals surface area contributed by atoms with E-state index in [1.54, 1.807) is 0 Å². The van der Waals surface area contributed by atoms with E-state index in [0.717, 1.165) is 25.9 Å². The second-order valence-corrected chi connectivity index (χ2v) is 4.75. The molecule has 0 heterocycles. The fraction of sp³-hybridized carbons (Fsp3) is 1.00. The highest BCUT2D eigenvalue weighted by molar-refractivity contribution is 4.98. The second-order valence-electron chi connectivity index (χ2n) is 4.75. The highest BCUT2D eigenvalue weighted by Crippen LogP contribution is 2.30. The molecule has 2 nitrogen and oxygen atoms in total. The molecule has 0 fully saturated rings. The van der Waals surface area contributed by atoms with Crippen LogP contribution in [-0.4, -0.2) is 29.6 Å². The van der Waals surface area contributed by atoms with Gasteiger partial charge in [-0.2, -0.15) is 0 Å². The molecule has 0 aliphatic heterocycles. The Hall–Kier alpha value is -0.0800. The van der Waals surface area contributed by atoms with Gasteiger partial charge in [-0.15, -0.1) is 0 Å². The van der Waals surface area contributed by atoms with E-state index in [2.05, 4.69) is 46.4 Å². The fourth-order valence-electron chi connectivity index (χ4n) is 2.85. The Labute approximate surface area is 96.2 Å². The summed E-state index contributed by atoms with van der Waals surface area (Å²) >= 11 is 0. The first-order valence-corrected chi connectivity index (χ1v) is 6.50. The van der Waals surface area contributed by atoms with Crippen molar-refractivity contribution in [2.24, 2.45) is 11.7 Å². The summed E-state index contributed by atoms with van der Waals surface area (Å²) in [7, 11) is 0. The quantitative estimate of drug-likeness (QED) is 0.706. The maximum Gasteiger partial charge on any atom is 0.0357 e. The Morgan fingerprint density at radius 3 is 1.60 bits per heavy atom. The third kappa shape index (κ3) is 2.94. The summed E-state index contributed by atoms with van der Waals surface area (Å²) in [5.74, 6) is 0.547. The van der Waals surface area contributed by atoms with Crippen LogP contribution in [0.4, 0.5) is 0 Å². The summed E-state index contributed by atoms with van der Waals surface area (Å²) < 4.78 is 0. The molecule has 2 heteroatoms. The van der Waals surface area contributed by atoms with Crippen molar-refractivity contribution < 1.29 is 0 Å². The van der Waals surface area contributed by atoms with Crippen LogP contribution in [0.15, 0.2) is 0 Å². The maximum atomic E-state index is 6.43. The van der Waals surface area contributed by atoms with Crippen molar-refractivity contribution >= 4 is 0 Å². The van der Waals surface area contributed by atoms with Crippen LogP contribution in [-0.2, 0) is 0 Å². The second kappa shape index (κ2) is 6.49. The lowest BCUT2D eigenvalue weighted by molar-refractivity contribution is 0.0476. The van der Waals surface area contributed by atoms with Crippen molar-refractivity contribution in [2.45, 2.75) is 66.0 Å². The van der Waals surface area contributed by atoms with Crippen LogP contribution in [0.3, 0.4) is 0 Å². The van der Waals surface area contributed by atoms with Crippen molar-refractivity contribution in [1.29, 1.82) is 0 Å². The summed E-state index contributed by atoms with van der Waals surface area (Å²) in [4.78, 5) is 2.54. The molecule has 0 saturated carbocycles. The third-order valence-electron chi connectivity index (χ3n) is 3.96. The smallest absolute Gasteiger partial charge is 0.0357 e. The zero-order valence-electron chi connectivity index (χ0n) is 11.5. The number of likely N-dealkylation sites (N-methyl/N-ethyl adjacent to an activating group) is 1. The van der Waals surface area contributed by atoms with Gasteiger partial charge in [0, 0.05) is 11.6 Å². The summed E-state index contributed by atoms with van der Waals surface area (Å²) in [5, 5.41) is 0. The minimum Gasteiger partial charge on any atom is -0.326 e. The number of hydrogen-bond donors (Lipinski definition) is 1. The molecule has 0 aromatic heterocycles. The first-order chi connectivity index (χ1) is 6.99. The number of nitrogens with zero attached hydrogens (tertiary/aromatic N) is 1. The molecule has 92 valence electrons. The van der Waals surface area contributed by atoms with E-state index in [9.17, 15) is 0 Å². The zero-order valence-corrected chi connectivity index (χ0v) is 11.5. The first-order valence-electron chi connectivity index (χ1n) is 6.50. The predicted molar refractivity (Wildman–Crippen MR) is 69.0 cm³/mol. The average molecular weight is 214 g/mol. The molecular formula is C13H30N2. The van der Waals surface area contributed by atoms with Gasteiger partial charge in [0.1, 0.15) is 0 Å². The average Bonchev–Trinajstić information content (AvgIpc) is 2.25. The van der Waals surface area contributed by atoms with Crippen molar-refractivity contribution in [1.82, 2.24) is 4.90 Å². The molecule has 0 radical (unpaired) electrons. The van der Waals surface area contributed by atoms with Gasteiger partial charge >= 0.3 is 0 Å². The van der Waals surface area contributed by atoms with Gasteiger partial charge in [0.2, 0.25) is 0 Å². The lowest BCUT2D eigenvalue weighted by Gasteiger charge is -2.48. The van der Waals surface area contributed by atoms with Gasteiger partial charge in [-0.05, 0) is 31.8 Å². The highest BCUT2D eigenvalue weighted by atomic mass is 15.2. The van der Waals surface area contributed by atoms with Crippen LogP contribution in [0.25, 0.3) is 0 Å². The molecule has 0 amide bonds. The highest BCUT2D eigenvalue weighted by Gasteiger charge is 2.38. The van der Waals surface area contributed by atoms with Crippen molar-refractivity contribution in [3.05, 3.63) is 0 Å². The van der Waals surface area contributed by atoms with Crippen LogP contribution in [0.5, 0.6) is 0 Å². The molecule has 0 spiro atoms. The van der Waals surface area contributed by atoms with E-state index in [4.69, 9.17) is 5.73 Å². The van der Waals surface area contributed by atoms with E-state index in [0.29, 0.717) is 5.92 Å². The van der Waals surface area contributed by atoms with Crippen LogP contribution in [0.2, 0.25) is 0 Å². The molecule has 0 aromatic carbocycles. The van der Waals surface area contributed by atoms with Crippen molar-refractivity contribution in [3.8, 4) is 0 Å². The monoisotopic (exact) mass is 214 g/mol. The summed E-state index contributed by atoms with van der Waals surface area (Å²) in [5.41, 5.74) is 6.62. The Balaban J connectivity index is 5.00. The van der Waals surface area contributed by atoms with Crippen LogP contribution in [0.1, 0.15) is 54.4 Å². The van der Waals surface area contributed by atoms with Gasteiger partial charge < -0.3 is 5.73 Å². The molecule has 0 aliphatic rings. The number of nitrogens with two attached hydrogens (primary N) is 1. The molecule has 15 heavy (non-hydrogen) atoms. The minimum absolute atomic E-state index is 0.192. The van der Waals surface area contributed by atoms with Gasteiger partial charge in [-0.25, -0.2) is 0 Å². The molecule has 1 unspecified atom stereocenters. The van der Waals surface area contributed by atoms with Gasteiger partial charge in [0.05, 0.1) is 0 Å². The molecule has 0 bridgehead atoms. The molecule has 1 atom stereocenters. The summed E-state index contributed by atoms with van der Waals surface area (Å²) in [6, 6.07) is 0.271. The molecular weight excluding hydrogens is 184 g/mol. The molecule has 0 aliphatic carbocycles. The molecule has 0 rings (SSSR count). The molecule has 2 N–H and O–H groups in total. The Kier molecular flexibility index (Phi) is 6.46. The Morgan fingerprint density at radius 2 is 1.40 bits per heavy atom. The largest absolute Gasteiger partial charge is 0.326 e. The Morgan fingerprint density at radius 1 is 1.00 bits per heavy atom. The topological polar surface area (TPSA) is 29.3 Å². The van der Waals surface area contributed by atoms with E-state index in [1.165, 1.54) is 0 Å². The third-order valence-corrected chi connectivity index (χ3v) is 3.96. The van der Waals surface area contributed by atoms with E-state index in [1.807, 2.05) is 0 Å². The summed E-state index contributed by atoms with van der Waals surface area (Å²) in [6.07, 6.45) is 2.29. The van der Waals surface area contributed by atoms with Crippen LogP contribution < -0.4 is 5.73 Å². The summed E-state index contributed by atoms with van der Waals surface area (Å²) in [6.45, 7) is 15.7. The lowest BCUT2D eigenvalue weighted by Crippen LogP contribution is -2.61. The molecule has 0 aromatic rings. The van der Waals surface area contributed by atoms with Crippen LogP contribution in [0, 0.1) is 5.92 Å². The van der Waals surface area contributed by atoms with E-state index >= 15 is 0 Å². The minimum atomic E-state index is 0.192. The fourth-order valence-corrected chi connectivity index (χ4v) is 2.85. The number of rotatable bonds is 7. The van der Waals surface area contributed by atoms with Gasteiger partial charge in [-0.1, -0.05) is 41.5 Å². The predicted octanol–water partition coefficient (Wildman–Crippen LogP) is 2.87. The van der Waals surface area contributed by atoms with Crippen molar-refractivity contribution in [3.63, 3.8) is 0 Å². The van der Waals surface area contributed by atoms with E-state index < -0.39 is 0 Å². The lowest BCUT2D eigenvalue weighted by atomic mass is 9.78. The van der Waals surface area contributed by atoms with E-state index in [-0.39, 0.29) is 11.6 Å². The first kappa shape index (κ1) is 14.9. The normalized spacial score (nSPS) is 15.0. The zero-order chi connectivity index (χ0) is 12.1.